The smallest absolute Gasteiger partial charge is 0.411 e. The van der Waals surface area contributed by atoms with Gasteiger partial charge in [-0.05, 0) is 0 Å². The molecule has 0 radical (unpaired) electrons. The second-order valence-electron chi connectivity index (χ2n) is 2.49. The molecule has 1 N–H and O–H groups in total. The lowest BCUT2D eigenvalue weighted by molar-refractivity contribution is -0.294. The molecule has 2 nitrogen and oxygen atoms in total. The molecule has 0 aromatic carbocycles. The third-order valence-electron chi connectivity index (χ3n) is 1.45. The maximum atomic E-state index is 12.4. The van der Waals surface area contributed by atoms with Crippen LogP contribution in [-0.4, -0.2) is 28.8 Å². The highest BCUT2D eigenvalue weighted by Crippen LogP contribution is 2.49. The summed E-state index contributed by atoms with van der Waals surface area (Å²) in [7, 11) is 0. The summed E-state index contributed by atoms with van der Waals surface area (Å²) in [6.45, 7) is 0. The zero-order valence-corrected chi connectivity index (χ0v) is 7.71. The van der Waals surface area contributed by atoms with Crippen molar-refractivity contribution in [3.8, 4) is 0 Å². The summed E-state index contributed by atoms with van der Waals surface area (Å²) in [5.41, 5.74) is -0.689. The zero-order valence-electron chi connectivity index (χ0n) is 6.96. The van der Waals surface area contributed by atoms with E-state index in [-0.39, 0.29) is 0 Å². The van der Waals surface area contributed by atoms with Crippen LogP contribution in [0.4, 0.5) is 30.7 Å². The molecule has 0 aliphatic heterocycles. The predicted octanol–water partition coefficient (Wildman–Crippen LogP) is 3.03. The average molecular weight is 275 g/mol. The van der Waals surface area contributed by atoms with E-state index in [1.807, 2.05) is 0 Å². The number of aliphatic carboxylic acids is 1. The maximum absolute atomic E-state index is 12.4. The normalized spacial score (nSPS) is 15.1. The number of hydrogen-bond donors (Lipinski definition) is 1. The van der Waals surface area contributed by atoms with Gasteiger partial charge in [0.25, 0.3) is 0 Å². The van der Waals surface area contributed by atoms with Crippen molar-refractivity contribution in [3.05, 3.63) is 11.4 Å². The zero-order chi connectivity index (χ0) is 13.4. The van der Waals surface area contributed by atoms with E-state index in [1.54, 1.807) is 0 Å². The summed E-state index contributed by atoms with van der Waals surface area (Å²) in [6, 6.07) is 0. The van der Waals surface area contributed by atoms with Gasteiger partial charge in [0.1, 0.15) is 0 Å². The Kier molecular flexibility index (Phi) is 3.86. The number of carbonyl (C=O) groups is 1. The summed E-state index contributed by atoms with van der Waals surface area (Å²) in [5.74, 6) is -25.2. The molecule has 0 atom stereocenters. The Hall–Kier alpha value is -0.990. The van der Waals surface area contributed by atoms with Crippen LogP contribution in [0.5, 0.6) is 0 Å². The maximum Gasteiger partial charge on any atom is 0.411 e. The molecule has 0 bridgehead atoms. The van der Waals surface area contributed by atoms with Crippen LogP contribution in [0.25, 0.3) is 0 Å². The molecule has 0 fully saturated rings. The van der Waals surface area contributed by atoms with Gasteiger partial charge >= 0.3 is 23.7 Å². The van der Waals surface area contributed by atoms with E-state index in [1.165, 1.54) is 0 Å². The van der Waals surface area contributed by atoms with Gasteiger partial charge < -0.3 is 5.11 Å². The second kappa shape index (κ2) is 4.11. The largest absolute Gasteiger partial charge is 0.477 e. The molecular formula is C6H2ClF7O2. The van der Waals surface area contributed by atoms with Gasteiger partial charge in [0.2, 0.25) is 0 Å². The van der Waals surface area contributed by atoms with E-state index in [2.05, 4.69) is 11.6 Å². The van der Waals surface area contributed by atoms with E-state index >= 15 is 0 Å². The molecule has 0 amide bonds. The lowest BCUT2D eigenvalue weighted by Crippen LogP contribution is -2.58. The van der Waals surface area contributed by atoms with Crippen molar-refractivity contribution < 1.29 is 40.6 Å². The molecule has 16 heavy (non-hydrogen) atoms. The summed E-state index contributed by atoms with van der Waals surface area (Å²) < 4.78 is 86.4. The highest BCUT2D eigenvalue weighted by Gasteiger charge is 2.77. The topological polar surface area (TPSA) is 37.3 Å². The minimum absolute atomic E-state index is 0.689. The number of hydrogen-bond acceptors (Lipinski definition) is 1. The lowest BCUT2D eigenvalue weighted by Gasteiger charge is -2.28. The van der Waals surface area contributed by atoms with Crippen molar-refractivity contribution in [2.75, 3.05) is 0 Å². The average Bonchev–Trinajstić information content (AvgIpc) is 2.15. The van der Waals surface area contributed by atoms with Crippen molar-refractivity contribution in [2.45, 2.75) is 17.8 Å². The molecular weight excluding hydrogens is 273 g/mol. The Morgan fingerprint density at radius 3 is 1.69 bits per heavy atom. The fourth-order valence-corrected chi connectivity index (χ4v) is 0.687. The number of alkyl halides is 6. The van der Waals surface area contributed by atoms with Gasteiger partial charge in [-0.15, -0.1) is 0 Å². The van der Waals surface area contributed by atoms with Crippen LogP contribution < -0.4 is 0 Å². The minimum atomic E-state index is -6.46. The number of carboxylic acid groups (broad SMARTS) is 1. The van der Waals surface area contributed by atoms with E-state index in [9.17, 15) is 35.5 Å². The predicted molar refractivity (Wildman–Crippen MR) is 37.5 cm³/mol. The second-order valence-corrected chi connectivity index (χ2v) is 2.70. The summed E-state index contributed by atoms with van der Waals surface area (Å²) >= 11 is 4.33. The summed E-state index contributed by atoms with van der Waals surface area (Å²) in [6.07, 6.45) is 0. The van der Waals surface area contributed by atoms with Gasteiger partial charge in [-0.3, -0.25) is 0 Å². The first-order valence-electron chi connectivity index (χ1n) is 3.26. The van der Waals surface area contributed by atoms with Crippen molar-refractivity contribution in [1.29, 1.82) is 0 Å². The van der Waals surface area contributed by atoms with E-state index in [0.717, 1.165) is 0 Å². The fourth-order valence-electron chi connectivity index (χ4n) is 0.550. The fraction of sp³-hybridized carbons (Fsp3) is 0.500. The lowest BCUT2D eigenvalue weighted by atomic mass is 10.0. The monoisotopic (exact) mass is 274 g/mol. The van der Waals surface area contributed by atoms with Gasteiger partial charge in [0.05, 0.1) is 0 Å². The molecule has 0 unspecified atom stereocenters. The number of rotatable bonds is 4. The molecule has 0 saturated heterocycles. The Morgan fingerprint density at radius 1 is 1.06 bits per heavy atom. The van der Waals surface area contributed by atoms with Crippen LogP contribution in [0, 0.1) is 0 Å². The molecule has 0 aliphatic rings. The molecule has 0 aliphatic carbocycles. The van der Waals surface area contributed by atoms with Crippen molar-refractivity contribution in [3.63, 3.8) is 0 Å². The number of allylic oxidation sites excluding steroid dienone is 1. The first kappa shape index (κ1) is 15.0. The van der Waals surface area contributed by atoms with Gasteiger partial charge in [0, 0.05) is 5.54 Å². The molecule has 10 heteroatoms. The van der Waals surface area contributed by atoms with Crippen LogP contribution in [0.2, 0.25) is 0 Å². The summed E-state index contributed by atoms with van der Waals surface area (Å²) in [5, 5.41) is 7.66. The minimum Gasteiger partial charge on any atom is -0.477 e. The molecule has 0 aromatic rings. The molecule has 0 saturated carbocycles. The van der Waals surface area contributed by atoms with Gasteiger partial charge in [0.15, 0.2) is 5.83 Å². The number of halogens is 8. The molecule has 94 valence electrons. The van der Waals surface area contributed by atoms with Crippen molar-refractivity contribution in [1.82, 2.24) is 0 Å². The van der Waals surface area contributed by atoms with E-state index in [4.69, 9.17) is 5.11 Å². The van der Waals surface area contributed by atoms with Gasteiger partial charge in [-0.1, -0.05) is 11.6 Å². The standard InChI is InChI=1S/C6H2ClF7O2/c7-1-2(8)4(9,10)6(13,14)5(11,12)3(15)16/h1H,(H,15,16)/b2-1-. The highest BCUT2D eigenvalue weighted by molar-refractivity contribution is 6.25. The SMILES string of the molecule is O=C(O)C(F)(F)C(F)(F)C(F)(F)/C(F)=C/Cl. The Labute approximate surface area is 88.3 Å². The summed E-state index contributed by atoms with van der Waals surface area (Å²) in [4.78, 5) is 9.69. The Bertz CT molecular complexity index is 325. The van der Waals surface area contributed by atoms with E-state index < -0.39 is 35.1 Å². The first-order valence-corrected chi connectivity index (χ1v) is 3.69. The number of carboxylic acids is 1. The third kappa shape index (κ3) is 1.95. The molecule has 0 heterocycles. The molecule has 0 rings (SSSR count). The highest BCUT2D eigenvalue weighted by atomic mass is 35.5. The van der Waals surface area contributed by atoms with Crippen LogP contribution >= 0.6 is 11.6 Å². The van der Waals surface area contributed by atoms with Crippen molar-refractivity contribution in [2.24, 2.45) is 0 Å². The first-order chi connectivity index (χ1) is 6.92. The van der Waals surface area contributed by atoms with Crippen LogP contribution in [0.15, 0.2) is 11.4 Å². The van der Waals surface area contributed by atoms with E-state index in [0.29, 0.717) is 0 Å². The van der Waals surface area contributed by atoms with Gasteiger partial charge in [-0.25, -0.2) is 9.18 Å². The van der Waals surface area contributed by atoms with Crippen LogP contribution in [0.1, 0.15) is 0 Å². The third-order valence-corrected chi connectivity index (χ3v) is 1.64. The Morgan fingerprint density at radius 2 is 1.44 bits per heavy atom. The van der Waals surface area contributed by atoms with Crippen molar-refractivity contribution >= 4 is 17.6 Å². The van der Waals surface area contributed by atoms with Gasteiger partial charge in [-0.2, -0.15) is 26.3 Å². The van der Waals surface area contributed by atoms with Crippen LogP contribution in [0.3, 0.4) is 0 Å². The van der Waals surface area contributed by atoms with Crippen LogP contribution in [-0.2, 0) is 4.79 Å². The Balaban J connectivity index is 5.61. The molecule has 0 spiro atoms. The molecule has 0 aromatic heterocycles. The quantitative estimate of drug-likeness (QED) is 0.800.